The molecule has 2 aromatic heterocycles. The number of nitrogens with one attached hydrogen (secondary N) is 1. The van der Waals surface area contributed by atoms with Crippen LogP contribution in [-0.4, -0.2) is 15.9 Å². The zero-order valence-electron chi connectivity index (χ0n) is 9.25. The number of hydrogen-bond donors (Lipinski definition) is 1. The largest absolute Gasteiger partial charge is 0.302 e. The summed E-state index contributed by atoms with van der Waals surface area (Å²) in [6.07, 6.45) is 7.29. The summed E-state index contributed by atoms with van der Waals surface area (Å²) < 4.78 is 0. The quantitative estimate of drug-likeness (QED) is 0.904. The lowest BCUT2D eigenvalue weighted by Gasteiger charge is -1.92. The molecule has 0 aliphatic rings. The van der Waals surface area contributed by atoms with E-state index < -0.39 is 0 Å². The third-order valence-corrected chi connectivity index (χ3v) is 2.79. The standard InChI is InChI=1S/C12H11N3OS/c1-9(16)15-12-14-8-11(17-12)6-5-10-4-2-3-7-13-10/h2-8H,1H3,(H,14,15,16). The monoisotopic (exact) mass is 245 g/mol. The molecule has 86 valence electrons. The van der Waals surface area contributed by atoms with Crippen LogP contribution in [0.3, 0.4) is 0 Å². The number of aromatic nitrogens is 2. The molecule has 5 heteroatoms. The summed E-state index contributed by atoms with van der Waals surface area (Å²) in [5, 5.41) is 3.25. The molecule has 0 saturated heterocycles. The number of hydrogen-bond acceptors (Lipinski definition) is 4. The van der Waals surface area contributed by atoms with Gasteiger partial charge in [0, 0.05) is 24.2 Å². The molecule has 4 nitrogen and oxygen atoms in total. The van der Waals surface area contributed by atoms with Crippen molar-refractivity contribution in [2.45, 2.75) is 6.92 Å². The summed E-state index contributed by atoms with van der Waals surface area (Å²) in [5.74, 6) is -0.111. The van der Waals surface area contributed by atoms with Gasteiger partial charge in [-0.1, -0.05) is 17.4 Å². The Hall–Kier alpha value is -2.01. The number of carbonyl (C=O) groups excluding carboxylic acids is 1. The van der Waals surface area contributed by atoms with Crippen LogP contribution in [0.4, 0.5) is 5.13 Å². The zero-order chi connectivity index (χ0) is 12.1. The van der Waals surface area contributed by atoms with E-state index in [4.69, 9.17) is 0 Å². The Morgan fingerprint density at radius 1 is 1.35 bits per heavy atom. The van der Waals surface area contributed by atoms with Crippen molar-refractivity contribution in [1.29, 1.82) is 0 Å². The maximum absolute atomic E-state index is 10.8. The first-order valence-corrected chi connectivity index (χ1v) is 5.88. The van der Waals surface area contributed by atoms with Gasteiger partial charge in [0.05, 0.1) is 5.69 Å². The van der Waals surface area contributed by atoms with E-state index in [9.17, 15) is 4.79 Å². The van der Waals surface area contributed by atoms with Crippen LogP contribution in [0.2, 0.25) is 0 Å². The van der Waals surface area contributed by atoms with Crippen molar-refractivity contribution in [1.82, 2.24) is 9.97 Å². The van der Waals surface area contributed by atoms with Crippen molar-refractivity contribution in [2.75, 3.05) is 5.32 Å². The van der Waals surface area contributed by atoms with Gasteiger partial charge in [0.25, 0.3) is 0 Å². The van der Waals surface area contributed by atoms with Gasteiger partial charge in [-0.25, -0.2) is 4.98 Å². The van der Waals surface area contributed by atoms with Crippen molar-refractivity contribution in [3.63, 3.8) is 0 Å². The zero-order valence-corrected chi connectivity index (χ0v) is 10.1. The van der Waals surface area contributed by atoms with Crippen LogP contribution >= 0.6 is 11.3 Å². The molecule has 17 heavy (non-hydrogen) atoms. The average Bonchev–Trinajstić information content (AvgIpc) is 2.75. The van der Waals surface area contributed by atoms with Crippen LogP contribution in [0.25, 0.3) is 12.2 Å². The van der Waals surface area contributed by atoms with Crippen molar-refractivity contribution < 1.29 is 4.79 Å². The highest BCUT2D eigenvalue weighted by molar-refractivity contribution is 7.16. The summed E-state index contributed by atoms with van der Waals surface area (Å²) in [5.41, 5.74) is 0.891. The molecule has 0 unspecified atom stereocenters. The maximum Gasteiger partial charge on any atom is 0.223 e. The fraction of sp³-hybridized carbons (Fsp3) is 0.0833. The fourth-order valence-electron chi connectivity index (χ4n) is 1.21. The van der Waals surface area contributed by atoms with Gasteiger partial charge in [-0.2, -0.15) is 0 Å². The SMILES string of the molecule is CC(=O)Nc1ncc(C=Cc2ccccn2)s1. The van der Waals surface area contributed by atoms with Gasteiger partial charge >= 0.3 is 0 Å². The summed E-state index contributed by atoms with van der Waals surface area (Å²) in [6.45, 7) is 1.46. The predicted octanol–water partition coefficient (Wildman–Crippen LogP) is 2.67. The Labute approximate surface area is 103 Å². The van der Waals surface area contributed by atoms with Crippen LogP contribution in [0.1, 0.15) is 17.5 Å². The lowest BCUT2D eigenvalue weighted by atomic mass is 10.3. The van der Waals surface area contributed by atoms with Crippen molar-refractivity contribution in [3.05, 3.63) is 41.2 Å². The minimum absolute atomic E-state index is 0.111. The van der Waals surface area contributed by atoms with E-state index in [1.54, 1.807) is 12.4 Å². The molecule has 1 amide bonds. The van der Waals surface area contributed by atoms with Crippen molar-refractivity contribution in [2.24, 2.45) is 0 Å². The summed E-state index contributed by atoms with van der Waals surface area (Å²) >= 11 is 1.42. The van der Waals surface area contributed by atoms with Gasteiger partial charge in [-0.3, -0.25) is 9.78 Å². The normalized spacial score (nSPS) is 10.6. The Balaban J connectivity index is 2.06. The second kappa shape index (κ2) is 5.36. The molecule has 0 bridgehead atoms. The van der Waals surface area contributed by atoms with Gasteiger partial charge < -0.3 is 5.32 Å². The van der Waals surface area contributed by atoms with E-state index in [0.717, 1.165) is 10.6 Å². The van der Waals surface area contributed by atoms with Crippen LogP contribution < -0.4 is 5.32 Å². The molecule has 0 aliphatic carbocycles. The number of anilines is 1. The second-order valence-corrected chi connectivity index (χ2v) is 4.40. The molecule has 2 rings (SSSR count). The molecule has 0 aromatic carbocycles. The summed E-state index contributed by atoms with van der Waals surface area (Å²) in [7, 11) is 0. The van der Waals surface area contributed by atoms with E-state index in [-0.39, 0.29) is 5.91 Å². The lowest BCUT2D eigenvalue weighted by molar-refractivity contribution is -0.114. The van der Waals surface area contributed by atoms with Gasteiger partial charge in [-0.05, 0) is 24.3 Å². The number of nitrogens with zero attached hydrogens (tertiary/aromatic N) is 2. The smallest absolute Gasteiger partial charge is 0.223 e. The van der Waals surface area contributed by atoms with Crippen LogP contribution in [0.5, 0.6) is 0 Å². The number of amides is 1. The molecule has 0 saturated carbocycles. The molecule has 0 spiro atoms. The highest BCUT2D eigenvalue weighted by Crippen LogP contribution is 2.19. The van der Waals surface area contributed by atoms with Crippen LogP contribution in [-0.2, 0) is 4.79 Å². The van der Waals surface area contributed by atoms with Crippen LogP contribution in [0.15, 0.2) is 30.6 Å². The molecule has 0 atom stereocenters. The van der Waals surface area contributed by atoms with E-state index in [2.05, 4.69) is 15.3 Å². The van der Waals surface area contributed by atoms with Crippen LogP contribution in [0, 0.1) is 0 Å². The van der Waals surface area contributed by atoms with Crippen molar-refractivity contribution in [3.8, 4) is 0 Å². The molecule has 2 aromatic rings. The molecule has 1 N–H and O–H groups in total. The Kier molecular flexibility index (Phi) is 3.62. The Morgan fingerprint density at radius 3 is 2.94 bits per heavy atom. The van der Waals surface area contributed by atoms with Gasteiger partial charge in [-0.15, -0.1) is 0 Å². The Morgan fingerprint density at radius 2 is 2.24 bits per heavy atom. The van der Waals surface area contributed by atoms with Gasteiger partial charge in [0.15, 0.2) is 5.13 Å². The minimum atomic E-state index is -0.111. The first kappa shape index (κ1) is 11.5. The molecule has 0 aliphatic heterocycles. The van der Waals surface area contributed by atoms with Gasteiger partial charge in [0.2, 0.25) is 5.91 Å². The number of carbonyl (C=O) groups is 1. The van der Waals surface area contributed by atoms with E-state index in [1.165, 1.54) is 18.3 Å². The molecular weight excluding hydrogens is 234 g/mol. The minimum Gasteiger partial charge on any atom is -0.302 e. The fourth-order valence-corrected chi connectivity index (χ4v) is 1.98. The third-order valence-electron chi connectivity index (χ3n) is 1.91. The summed E-state index contributed by atoms with van der Waals surface area (Å²) in [4.78, 5) is 20.1. The molecular formula is C12H11N3OS. The highest BCUT2D eigenvalue weighted by atomic mass is 32.1. The lowest BCUT2D eigenvalue weighted by Crippen LogP contribution is -2.04. The topological polar surface area (TPSA) is 54.9 Å². The molecule has 2 heterocycles. The summed E-state index contributed by atoms with van der Waals surface area (Å²) in [6, 6.07) is 5.73. The first-order chi connectivity index (χ1) is 8.24. The van der Waals surface area contributed by atoms with E-state index in [1.807, 2.05) is 30.4 Å². The number of rotatable bonds is 3. The van der Waals surface area contributed by atoms with Crippen molar-refractivity contribution >= 4 is 34.5 Å². The Bertz CT molecular complexity index is 534. The average molecular weight is 245 g/mol. The van der Waals surface area contributed by atoms with E-state index in [0.29, 0.717) is 5.13 Å². The van der Waals surface area contributed by atoms with E-state index >= 15 is 0 Å². The number of pyridine rings is 1. The maximum atomic E-state index is 10.8. The molecule has 0 radical (unpaired) electrons. The third kappa shape index (κ3) is 3.49. The first-order valence-electron chi connectivity index (χ1n) is 5.06. The number of thiazole rings is 1. The predicted molar refractivity (Wildman–Crippen MR) is 69.6 cm³/mol. The second-order valence-electron chi connectivity index (χ2n) is 3.34. The van der Waals surface area contributed by atoms with Gasteiger partial charge in [0.1, 0.15) is 0 Å². The highest BCUT2D eigenvalue weighted by Gasteiger charge is 2.00. The molecule has 0 fully saturated rings.